The summed E-state index contributed by atoms with van der Waals surface area (Å²) < 4.78 is 38.3. The van der Waals surface area contributed by atoms with Crippen molar-refractivity contribution in [2.45, 2.75) is 45.3 Å². The second kappa shape index (κ2) is 8.59. The van der Waals surface area contributed by atoms with E-state index in [4.69, 9.17) is 9.47 Å². The molecule has 0 aromatic heterocycles. The van der Waals surface area contributed by atoms with Crippen LogP contribution in [0.4, 0.5) is 8.78 Å². The number of aliphatic carboxylic acids is 1. The van der Waals surface area contributed by atoms with Crippen LogP contribution in [0.3, 0.4) is 0 Å². The zero-order valence-corrected chi connectivity index (χ0v) is 16.6. The quantitative estimate of drug-likeness (QED) is 0.628. The SMILES string of the molecule is CC(C)C(OC(=O)c1ccc(OC(C)(C)c2ccccc2)cc1)C(F)(F)C(=O)[O-]. The standard InChI is InChI=1S/C22H24F2O5/c1-14(2)18(22(23,24)20(26)27)28-19(25)15-10-12-17(13-11-15)29-21(3,4)16-8-6-5-7-9-16/h5-14,18H,1-4H3,(H,26,27)/p-1. The van der Waals surface area contributed by atoms with E-state index < -0.39 is 35.5 Å². The minimum atomic E-state index is -4.30. The monoisotopic (exact) mass is 405 g/mol. The number of alkyl halides is 2. The lowest BCUT2D eigenvalue weighted by molar-refractivity contribution is -0.337. The van der Waals surface area contributed by atoms with Crippen LogP contribution in [0.5, 0.6) is 5.75 Å². The highest BCUT2D eigenvalue weighted by molar-refractivity contribution is 5.90. The molecule has 156 valence electrons. The molecule has 0 aliphatic heterocycles. The van der Waals surface area contributed by atoms with Crippen LogP contribution in [0.25, 0.3) is 0 Å². The van der Waals surface area contributed by atoms with Crippen molar-refractivity contribution >= 4 is 11.9 Å². The lowest BCUT2D eigenvalue weighted by Crippen LogP contribution is -2.53. The zero-order chi connectivity index (χ0) is 21.8. The molecule has 0 saturated heterocycles. The molecule has 0 fully saturated rings. The number of carboxylic acids is 1. The third-order valence-corrected chi connectivity index (χ3v) is 4.40. The second-order valence-corrected chi connectivity index (χ2v) is 7.48. The van der Waals surface area contributed by atoms with E-state index in [9.17, 15) is 23.5 Å². The van der Waals surface area contributed by atoms with E-state index in [0.717, 1.165) is 5.56 Å². The minimum Gasteiger partial charge on any atom is -0.544 e. The van der Waals surface area contributed by atoms with Gasteiger partial charge in [-0.3, -0.25) is 0 Å². The highest BCUT2D eigenvalue weighted by Gasteiger charge is 2.46. The van der Waals surface area contributed by atoms with Gasteiger partial charge in [0.1, 0.15) is 17.3 Å². The number of ether oxygens (including phenoxy) is 2. The van der Waals surface area contributed by atoms with Crippen LogP contribution in [-0.4, -0.2) is 24.0 Å². The Kier molecular flexibility index (Phi) is 6.62. The molecule has 0 amide bonds. The van der Waals surface area contributed by atoms with Crippen molar-refractivity contribution in [3.63, 3.8) is 0 Å². The summed E-state index contributed by atoms with van der Waals surface area (Å²) in [6.07, 6.45) is -2.15. The third-order valence-electron chi connectivity index (χ3n) is 4.40. The predicted molar refractivity (Wildman–Crippen MR) is 101 cm³/mol. The van der Waals surface area contributed by atoms with Crippen LogP contribution in [0, 0.1) is 5.92 Å². The highest BCUT2D eigenvalue weighted by Crippen LogP contribution is 2.29. The van der Waals surface area contributed by atoms with Crippen molar-refractivity contribution in [3.8, 4) is 5.75 Å². The van der Waals surface area contributed by atoms with Crippen molar-refractivity contribution in [1.82, 2.24) is 0 Å². The van der Waals surface area contributed by atoms with Gasteiger partial charge in [-0.05, 0) is 49.6 Å². The molecule has 0 aliphatic carbocycles. The first-order chi connectivity index (χ1) is 13.4. The molecule has 2 rings (SSSR count). The number of carbonyl (C=O) groups excluding carboxylic acids is 2. The van der Waals surface area contributed by atoms with Gasteiger partial charge in [0.05, 0.1) is 5.56 Å². The molecule has 0 saturated carbocycles. The fraction of sp³-hybridized carbons (Fsp3) is 0.364. The fourth-order valence-corrected chi connectivity index (χ4v) is 2.78. The van der Waals surface area contributed by atoms with E-state index in [1.54, 1.807) is 0 Å². The van der Waals surface area contributed by atoms with Crippen LogP contribution >= 0.6 is 0 Å². The summed E-state index contributed by atoms with van der Waals surface area (Å²) >= 11 is 0. The molecule has 7 heteroatoms. The normalized spacial score (nSPS) is 13.1. The van der Waals surface area contributed by atoms with E-state index in [1.165, 1.54) is 38.1 Å². The van der Waals surface area contributed by atoms with E-state index in [0.29, 0.717) is 5.75 Å². The average Bonchev–Trinajstić information content (AvgIpc) is 2.66. The van der Waals surface area contributed by atoms with Gasteiger partial charge in [-0.2, -0.15) is 8.78 Å². The zero-order valence-electron chi connectivity index (χ0n) is 16.6. The van der Waals surface area contributed by atoms with Crippen LogP contribution in [0.2, 0.25) is 0 Å². The Bertz CT molecular complexity index is 845. The van der Waals surface area contributed by atoms with E-state index >= 15 is 0 Å². The van der Waals surface area contributed by atoms with Crippen molar-refractivity contribution in [1.29, 1.82) is 0 Å². The van der Waals surface area contributed by atoms with Gasteiger partial charge in [0.2, 0.25) is 0 Å². The van der Waals surface area contributed by atoms with Crippen molar-refractivity contribution in [3.05, 3.63) is 65.7 Å². The maximum absolute atomic E-state index is 13.8. The Morgan fingerprint density at radius 1 is 0.966 bits per heavy atom. The number of carboxylic acid groups (broad SMARTS) is 1. The number of hydrogen-bond donors (Lipinski definition) is 0. The average molecular weight is 405 g/mol. The summed E-state index contributed by atoms with van der Waals surface area (Å²) in [4.78, 5) is 22.9. The molecule has 5 nitrogen and oxygen atoms in total. The van der Waals surface area contributed by atoms with Gasteiger partial charge in [-0.1, -0.05) is 44.2 Å². The molecule has 2 aromatic rings. The van der Waals surface area contributed by atoms with Crippen molar-refractivity contribution < 1.29 is 33.0 Å². The van der Waals surface area contributed by atoms with Crippen molar-refractivity contribution in [2.24, 2.45) is 5.92 Å². The molecule has 1 atom stereocenters. The molecule has 0 radical (unpaired) electrons. The largest absolute Gasteiger partial charge is 0.544 e. The van der Waals surface area contributed by atoms with Gasteiger partial charge in [-0.25, -0.2) is 4.79 Å². The minimum absolute atomic E-state index is 0.00494. The first-order valence-electron chi connectivity index (χ1n) is 9.10. The molecular formula is C22H23F2O5-. The maximum Gasteiger partial charge on any atom is 0.338 e. The lowest BCUT2D eigenvalue weighted by atomic mass is 9.98. The van der Waals surface area contributed by atoms with Crippen LogP contribution in [-0.2, 0) is 15.1 Å². The van der Waals surface area contributed by atoms with Crippen molar-refractivity contribution in [2.75, 3.05) is 0 Å². The Morgan fingerprint density at radius 3 is 2.00 bits per heavy atom. The van der Waals surface area contributed by atoms with Crippen LogP contribution in [0.1, 0.15) is 43.6 Å². The first-order valence-corrected chi connectivity index (χ1v) is 9.10. The van der Waals surface area contributed by atoms with E-state index in [1.807, 2.05) is 44.2 Å². The molecule has 29 heavy (non-hydrogen) atoms. The van der Waals surface area contributed by atoms with Crippen LogP contribution < -0.4 is 9.84 Å². The summed E-state index contributed by atoms with van der Waals surface area (Å²) in [5.74, 6) is -8.40. The van der Waals surface area contributed by atoms with Gasteiger partial charge in [0, 0.05) is 0 Å². The number of rotatable bonds is 8. The van der Waals surface area contributed by atoms with Crippen LogP contribution in [0.15, 0.2) is 54.6 Å². The molecule has 0 bridgehead atoms. The third kappa shape index (κ3) is 5.31. The molecule has 1 unspecified atom stereocenters. The number of benzene rings is 2. The van der Waals surface area contributed by atoms with E-state index in [2.05, 4.69) is 0 Å². The Labute approximate surface area is 168 Å². The summed E-state index contributed by atoms with van der Waals surface area (Å²) in [6, 6.07) is 15.3. The Morgan fingerprint density at radius 2 is 1.52 bits per heavy atom. The predicted octanol–water partition coefficient (Wildman–Crippen LogP) is 3.57. The van der Waals surface area contributed by atoms with Gasteiger partial charge in [0.15, 0.2) is 6.10 Å². The molecule has 0 spiro atoms. The molecule has 0 aliphatic rings. The topological polar surface area (TPSA) is 75.7 Å². The number of hydrogen-bond acceptors (Lipinski definition) is 5. The highest BCUT2D eigenvalue weighted by atomic mass is 19.3. The molecule has 0 heterocycles. The maximum atomic E-state index is 13.8. The number of carbonyl (C=O) groups is 2. The van der Waals surface area contributed by atoms with Gasteiger partial charge in [-0.15, -0.1) is 0 Å². The number of esters is 1. The Hall–Kier alpha value is -2.96. The fourth-order valence-electron chi connectivity index (χ4n) is 2.78. The van der Waals surface area contributed by atoms with Gasteiger partial charge >= 0.3 is 11.9 Å². The molecule has 0 N–H and O–H groups in total. The lowest BCUT2D eigenvalue weighted by Gasteiger charge is -2.30. The number of halogens is 2. The van der Waals surface area contributed by atoms with Gasteiger partial charge in [0.25, 0.3) is 0 Å². The second-order valence-electron chi connectivity index (χ2n) is 7.48. The summed E-state index contributed by atoms with van der Waals surface area (Å²) in [5, 5.41) is 10.7. The summed E-state index contributed by atoms with van der Waals surface area (Å²) in [5.41, 5.74) is 0.310. The summed E-state index contributed by atoms with van der Waals surface area (Å²) in [6.45, 7) is 6.44. The van der Waals surface area contributed by atoms with E-state index in [-0.39, 0.29) is 5.56 Å². The Balaban J connectivity index is 2.13. The van der Waals surface area contributed by atoms with Gasteiger partial charge < -0.3 is 19.4 Å². The molecule has 2 aromatic carbocycles. The summed E-state index contributed by atoms with van der Waals surface area (Å²) in [7, 11) is 0. The molecular weight excluding hydrogens is 382 g/mol. The smallest absolute Gasteiger partial charge is 0.338 e. The first kappa shape index (κ1) is 22.3.